The maximum atomic E-state index is 13.1. The first-order valence-corrected chi connectivity index (χ1v) is 14.9. The summed E-state index contributed by atoms with van der Waals surface area (Å²) in [6.45, 7) is 7.92. The number of nitrogens with one attached hydrogen (secondary N) is 1. The third kappa shape index (κ3) is 10.7. The first-order chi connectivity index (χ1) is 21.2. The molecule has 0 spiro atoms. The number of amides is 2. The number of benzene rings is 1. The molecule has 12 heteroatoms. The molecule has 2 bridgehead atoms. The molecule has 1 aromatic rings. The van der Waals surface area contributed by atoms with E-state index in [4.69, 9.17) is 24.7 Å². The minimum absolute atomic E-state index is 0.0529. The van der Waals surface area contributed by atoms with Crippen LogP contribution in [0.25, 0.3) is 0 Å². The van der Waals surface area contributed by atoms with Gasteiger partial charge in [0.25, 0.3) is 5.91 Å². The van der Waals surface area contributed by atoms with E-state index < -0.39 is 30.3 Å². The lowest BCUT2D eigenvalue weighted by Crippen LogP contribution is -2.38. The first-order valence-electron chi connectivity index (χ1n) is 14.9. The van der Waals surface area contributed by atoms with Crippen LogP contribution in [-0.4, -0.2) is 99.7 Å². The van der Waals surface area contributed by atoms with Gasteiger partial charge >= 0.3 is 6.09 Å². The number of anilines is 1. The van der Waals surface area contributed by atoms with Gasteiger partial charge in [0, 0.05) is 57.2 Å². The molecular weight excluding hydrogens is 580 g/mol. The molecule has 2 rings (SSSR count). The van der Waals surface area contributed by atoms with Crippen molar-refractivity contribution >= 4 is 29.6 Å². The second-order valence-corrected chi connectivity index (χ2v) is 11.7. The number of ether oxygens (including phenoxy) is 4. The van der Waals surface area contributed by atoms with Crippen LogP contribution in [0.2, 0.25) is 0 Å². The number of phenolic OH excluding ortho intramolecular Hbond substituents is 2. The Labute approximate surface area is 266 Å². The number of aliphatic imine (C=N–C) groups is 1. The fraction of sp³-hybridized carbons (Fsp3) is 0.545. The van der Waals surface area contributed by atoms with Crippen molar-refractivity contribution in [2.75, 3.05) is 47.3 Å². The molecule has 2 amide bonds. The molecule has 1 heterocycles. The average molecular weight is 631 g/mol. The van der Waals surface area contributed by atoms with Gasteiger partial charge in [-0.1, -0.05) is 38.2 Å². The van der Waals surface area contributed by atoms with Gasteiger partial charge in [-0.15, -0.1) is 0 Å². The Morgan fingerprint density at radius 1 is 1.16 bits per heavy atom. The molecule has 0 unspecified atom stereocenters. The Bertz CT molecular complexity index is 1290. The van der Waals surface area contributed by atoms with Crippen LogP contribution in [0.15, 0.2) is 46.5 Å². The van der Waals surface area contributed by atoms with E-state index in [1.54, 1.807) is 45.6 Å². The van der Waals surface area contributed by atoms with Crippen LogP contribution in [0.3, 0.4) is 0 Å². The minimum atomic E-state index is -0.956. The lowest BCUT2D eigenvalue weighted by molar-refractivity contribution is -0.112. The number of phenols is 2. The largest absolute Gasteiger partial charge is 0.506 e. The van der Waals surface area contributed by atoms with Crippen LogP contribution in [0, 0.1) is 11.8 Å². The SMILES string of the molecule is CO[C@H]1[C@@H](OC)C[C@H](C)Cc2c(O)c(cc(O)c2N=CCN(C)C)NC(=O)C(C)=CC=C[C@H](OC)[C@@H](OC(N)=O)C(C)=C[C@@H]1C. The average Bonchev–Trinajstić information content (AvgIpc) is 2.97. The Kier molecular flexibility index (Phi) is 14.7. The van der Waals surface area contributed by atoms with E-state index in [0.29, 0.717) is 36.1 Å². The smallest absolute Gasteiger partial charge is 0.405 e. The summed E-state index contributed by atoms with van der Waals surface area (Å²) in [4.78, 5) is 31.4. The second kappa shape index (κ2) is 17.7. The summed E-state index contributed by atoms with van der Waals surface area (Å²) >= 11 is 0. The quantitative estimate of drug-likeness (QED) is 0.147. The number of carbonyl (C=O) groups excluding carboxylic acids is 2. The van der Waals surface area contributed by atoms with Crippen molar-refractivity contribution < 1.29 is 38.7 Å². The molecule has 0 saturated heterocycles. The van der Waals surface area contributed by atoms with Crippen molar-refractivity contribution in [3.05, 3.63) is 47.1 Å². The Morgan fingerprint density at radius 3 is 2.42 bits per heavy atom. The number of rotatable bonds is 7. The highest BCUT2D eigenvalue weighted by molar-refractivity contribution is 6.04. The number of hydrogen-bond donors (Lipinski definition) is 4. The molecule has 6 atom stereocenters. The Hall–Kier alpha value is -3.71. The zero-order chi connectivity index (χ0) is 33.8. The number of primary amides is 1. The standard InChI is InChI=1S/C33H50N4O8/c1-19-15-23-28(35-13-14-37(5)6)25(38)18-24(29(23)39)36-32(40)20(2)11-10-12-26(42-7)31(45-33(34)41)22(4)17-21(3)30(44-9)27(16-19)43-8/h10-13,17-19,21,26-27,30-31,38-39H,14-16H2,1-9H3,(H2,34,41)(H,36,40)/t19-,21+,26+,27+,30-,31+/m1/s1. The van der Waals surface area contributed by atoms with E-state index >= 15 is 0 Å². The van der Waals surface area contributed by atoms with Crippen molar-refractivity contribution in [2.24, 2.45) is 22.6 Å². The van der Waals surface area contributed by atoms with Crippen molar-refractivity contribution in [2.45, 2.75) is 65.0 Å². The minimum Gasteiger partial charge on any atom is -0.506 e. The number of nitrogens with zero attached hydrogens (tertiary/aromatic N) is 2. The molecule has 250 valence electrons. The van der Waals surface area contributed by atoms with Crippen LogP contribution in [0.4, 0.5) is 16.2 Å². The third-order valence-electron chi connectivity index (χ3n) is 7.71. The van der Waals surface area contributed by atoms with E-state index in [-0.39, 0.29) is 40.8 Å². The monoisotopic (exact) mass is 630 g/mol. The maximum Gasteiger partial charge on any atom is 0.405 e. The second-order valence-electron chi connectivity index (χ2n) is 11.7. The lowest BCUT2D eigenvalue weighted by atomic mass is 9.87. The van der Waals surface area contributed by atoms with E-state index in [9.17, 15) is 19.8 Å². The zero-order valence-electron chi connectivity index (χ0n) is 27.9. The summed E-state index contributed by atoms with van der Waals surface area (Å²) in [5, 5.41) is 25.1. The van der Waals surface area contributed by atoms with Gasteiger partial charge in [-0.25, -0.2) is 4.79 Å². The topological polar surface area (TPSA) is 165 Å². The summed E-state index contributed by atoms with van der Waals surface area (Å²) in [6, 6.07) is 1.29. The molecule has 1 aromatic carbocycles. The molecule has 0 saturated carbocycles. The van der Waals surface area contributed by atoms with Crippen molar-refractivity contribution in [1.82, 2.24) is 4.90 Å². The predicted octanol–water partition coefficient (Wildman–Crippen LogP) is 4.48. The van der Waals surface area contributed by atoms with Crippen molar-refractivity contribution in [1.29, 1.82) is 0 Å². The molecule has 0 aliphatic carbocycles. The lowest BCUT2D eigenvalue weighted by Gasteiger charge is -2.32. The van der Waals surface area contributed by atoms with E-state index in [0.717, 1.165) is 0 Å². The van der Waals surface area contributed by atoms with Crippen molar-refractivity contribution in [3.8, 4) is 11.5 Å². The molecule has 0 aromatic heterocycles. The van der Waals surface area contributed by atoms with Gasteiger partial charge in [-0.3, -0.25) is 9.79 Å². The number of allylic oxidation sites excluding steroid dienone is 2. The van der Waals surface area contributed by atoms with Crippen LogP contribution < -0.4 is 11.1 Å². The molecular formula is C33H50N4O8. The number of methoxy groups -OCH3 is 3. The summed E-state index contributed by atoms with van der Waals surface area (Å²) in [7, 11) is 8.48. The number of carbonyl (C=O) groups is 2. The highest BCUT2D eigenvalue weighted by Crippen LogP contribution is 2.44. The van der Waals surface area contributed by atoms with Gasteiger partial charge in [-0.05, 0) is 52.3 Å². The van der Waals surface area contributed by atoms with E-state index in [2.05, 4.69) is 10.3 Å². The zero-order valence-corrected chi connectivity index (χ0v) is 27.9. The first kappa shape index (κ1) is 37.5. The number of aromatic hydroxyl groups is 2. The van der Waals surface area contributed by atoms with Gasteiger partial charge in [0.2, 0.25) is 0 Å². The molecule has 5 N–H and O–H groups in total. The Balaban J connectivity index is 2.72. The van der Waals surface area contributed by atoms with Crippen LogP contribution in [-0.2, 0) is 30.2 Å². The fourth-order valence-corrected chi connectivity index (χ4v) is 5.39. The highest BCUT2D eigenvalue weighted by atomic mass is 16.6. The normalized spacial score (nSPS) is 25.6. The maximum absolute atomic E-state index is 13.1. The number of nitrogens with two attached hydrogens (primary N) is 1. The van der Waals surface area contributed by atoms with Gasteiger partial charge in [0.15, 0.2) is 6.10 Å². The van der Waals surface area contributed by atoms with Gasteiger partial charge < -0.3 is 45.1 Å². The van der Waals surface area contributed by atoms with Gasteiger partial charge in [-0.2, -0.15) is 0 Å². The van der Waals surface area contributed by atoms with E-state index in [1.165, 1.54) is 13.2 Å². The third-order valence-corrected chi connectivity index (χ3v) is 7.71. The molecule has 12 nitrogen and oxygen atoms in total. The highest BCUT2D eigenvalue weighted by Gasteiger charge is 2.31. The summed E-state index contributed by atoms with van der Waals surface area (Å²) in [6.07, 6.45) is 5.96. The molecule has 1 aliphatic rings. The Morgan fingerprint density at radius 2 is 1.84 bits per heavy atom. The predicted molar refractivity (Wildman–Crippen MR) is 175 cm³/mol. The molecule has 45 heavy (non-hydrogen) atoms. The van der Waals surface area contributed by atoms with Gasteiger partial charge in [0.1, 0.15) is 23.3 Å². The molecule has 0 radical (unpaired) electrons. The summed E-state index contributed by atoms with van der Waals surface area (Å²) < 4.78 is 22.9. The summed E-state index contributed by atoms with van der Waals surface area (Å²) in [5.74, 6) is -1.13. The van der Waals surface area contributed by atoms with E-state index in [1.807, 2.05) is 45.8 Å². The van der Waals surface area contributed by atoms with Crippen molar-refractivity contribution in [3.63, 3.8) is 0 Å². The number of hydrogen-bond acceptors (Lipinski definition) is 10. The van der Waals surface area contributed by atoms with Crippen LogP contribution in [0.5, 0.6) is 11.5 Å². The van der Waals surface area contributed by atoms with Crippen LogP contribution in [0.1, 0.15) is 39.7 Å². The number of fused-ring (bicyclic) bond motifs is 2. The molecule has 0 fully saturated rings. The fourth-order valence-electron chi connectivity index (χ4n) is 5.39. The van der Waals surface area contributed by atoms with Gasteiger partial charge in [0.05, 0.1) is 17.9 Å². The van der Waals surface area contributed by atoms with Crippen LogP contribution >= 0.6 is 0 Å². The summed E-state index contributed by atoms with van der Waals surface area (Å²) in [5.41, 5.74) is 7.09. The molecule has 1 aliphatic heterocycles.